The van der Waals surface area contributed by atoms with Gasteiger partial charge in [-0.2, -0.15) is 13.2 Å². The highest BCUT2D eigenvalue weighted by Gasteiger charge is 2.33. The highest BCUT2D eigenvalue weighted by atomic mass is 19.4. The molecule has 4 nitrogen and oxygen atoms in total. The van der Waals surface area contributed by atoms with E-state index in [1.165, 1.54) is 12.1 Å². The average molecular weight is 304 g/mol. The molecule has 1 aromatic carbocycles. The monoisotopic (exact) mass is 304 g/mol. The number of benzene rings is 1. The minimum Gasteiger partial charge on any atom is -0.444 e. The number of amides is 1. The molecule has 1 amide bonds. The fraction of sp³-hybridized carbons (Fsp3) is 0.500. The third-order valence-corrected chi connectivity index (χ3v) is 2.54. The number of alkyl halides is 3. The van der Waals surface area contributed by atoms with E-state index < -0.39 is 23.4 Å². The molecule has 0 aliphatic rings. The van der Waals surface area contributed by atoms with Gasteiger partial charge < -0.3 is 15.8 Å². The van der Waals surface area contributed by atoms with Crippen LogP contribution in [0.2, 0.25) is 0 Å². The Morgan fingerprint density at radius 3 is 2.38 bits per heavy atom. The van der Waals surface area contributed by atoms with E-state index in [1.54, 1.807) is 20.8 Å². The van der Waals surface area contributed by atoms with E-state index >= 15 is 0 Å². The standard InChI is InChI=1S/C14H19F3N2O2/c1-13(2,3)21-12(20)19-8-10-5-4-9(7-18)6-11(10)14(15,16)17/h4-6H,7-8,18H2,1-3H3,(H,19,20). The van der Waals surface area contributed by atoms with Crippen molar-refractivity contribution in [1.82, 2.24) is 5.32 Å². The predicted molar refractivity (Wildman–Crippen MR) is 72.4 cm³/mol. The van der Waals surface area contributed by atoms with Crippen molar-refractivity contribution < 1.29 is 22.7 Å². The Kier molecular flexibility index (Phi) is 5.22. The van der Waals surface area contributed by atoms with Gasteiger partial charge in [0.25, 0.3) is 0 Å². The van der Waals surface area contributed by atoms with Crippen molar-refractivity contribution in [2.24, 2.45) is 5.73 Å². The van der Waals surface area contributed by atoms with Crippen LogP contribution in [0.5, 0.6) is 0 Å². The summed E-state index contributed by atoms with van der Waals surface area (Å²) in [6.07, 6.45) is -5.27. The van der Waals surface area contributed by atoms with Crippen LogP contribution in [0.1, 0.15) is 37.5 Å². The zero-order valence-corrected chi connectivity index (χ0v) is 12.2. The number of nitrogens with two attached hydrogens (primary N) is 1. The lowest BCUT2D eigenvalue weighted by Gasteiger charge is -2.20. The normalized spacial score (nSPS) is 12.1. The molecule has 21 heavy (non-hydrogen) atoms. The molecule has 1 aromatic rings. The molecular formula is C14H19F3N2O2. The van der Waals surface area contributed by atoms with Gasteiger partial charge in [-0.25, -0.2) is 4.79 Å². The number of halogens is 3. The quantitative estimate of drug-likeness (QED) is 0.901. The van der Waals surface area contributed by atoms with Crippen LogP contribution in [0.25, 0.3) is 0 Å². The predicted octanol–water partition coefficient (Wildman–Crippen LogP) is 3.19. The van der Waals surface area contributed by atoms with Crippen LogP contribution in [0.3, 0.4) is 0 Å². The summed E-state index contributed by atoms with van der Waals surface area (Å²) < 4.78 is 43.9. The summed E-state index contributed by atoms with van der Waals surface area (Å²) in [6.45, 7) is 4.76. The Balaban J connectivity index is 2.86. The summed E-state index contributed by atoms with van der Waals surface area (Å²) in [7, 11) is 0. The Labute approximate surface area is 121 Å². The molecule has 0 atom stereocenters. The van der Waals surface area contributed by atoms with Crippen LogP contribution in [0.4, 0.5) is 18.0 Å². The second-order valence-corrected chi connectivity index (χ2v) is 5.55. The summed E-state index contributed by atoms with van der Waals surface area (Å²) in [4.78, 5) is 11.5. The minimum absolute atomic E-state index is 0.0167. The summed E-state index contributed by atoms with van der Waals surface area (Å²) in [6, 6.07) is 3.80. The molecule has 3 N–H and O–H groups in total. The highest BCUT2D eigenvalue weighted by molar-refractivity contribution is 5.67. The molecule has 0 saturated heterocycles. The molecule has 0 unspecified atom stereocenters. The van der Waals surface area contributed by atoms with E-state index in [4.69, 9.17) is 10.5 Å². The molecule has 0 aromatic heterocycles. The van der Waals surface area contributed by atoms with Gasteiger partial charge in [-0.05, 0) is 38.0 Å². The second-order valence-electron chi connectivity index (χ2n) is 5.55. The summed E-state index contributed by atoms with van der Waals surface area (Å²) in [5.41, 5.74) is 4.18. The summed E-state index contributed by atoms with van der Waals surface area (Å²) in [5, 5.41) is 2.31. The lowest BCUT2D eigenvalue weighted by atomic mass is 10.0. The maximum atomic E-state index is 13.0. The maximum Gasteiger partial charge on any atom is 0.416 e. The number of carbonyl (C=O) groups excluding carboxylic acids is 1. The van der Waals surface area contributed by atoms with Crippen LogP contribution in [-0.4, -0.2) is 11.7 Å². The molecule has 0 bridgehead atoms. The van der Waals surface area contributed by atoms with Gasteiger partial charge in [-0.15, -0.1) is 0 Å². The third-order valence-electron chi connectivity index (χ3n) is 2.54. The van der Waals surface area contributed by atoms with E-state index in [1.807, 2.05) is 0 Å². The van der Waals surface area contributed by atoms with Crippen molar-refractivity contribution in [3.05, 3.63) is 34.9 Å². The van der Waals surface area contributed by atoms with Gasteiger partial charge in [0.2, 0.25) is 0 Å². The number of ether oxygens (including phenoxy) is 1. The fourth-order valence-corrected chi connectivity index (χ4v) is 1.65. The van der Waals surface area contributed by atoms with Gasteiger partial charge >= 0.3 is 12.3 Å². The fourth-order valence-electron chi connectivity index (χ4n) is 1.65. The number of hydrogen-bond acceptors (Lipinski definition) is 3. The first kappa shape index (κ1) is 17.3. The first-order chi connectivity index (χ1) is 9.53. The van der Waals surface area contributed by atoms with Gasteiger partial charge in [0.15, 0.2) is 0 Å². The second kappa shape index (κ2) is 6.34. The van der Waals surface area contributed by atoms with Gasteiger partial charge in [0, 0.05) is 13.1 Å². The third kappa shape index (κ3) is 5.63. The molecule has 0 spiro atoms. The Hall–Kier alpha value is -1.76. The molecule has 118 valence electrons. The topological polar surface area (TPSA) is 64.3 Å². The van der Waals surface area contributed by atoms with Crippen LogP contribution in [-0.2, 0) is 24.0 Å². The van der Waals surface area contributed by atoms with E-state index in [0.717, 1.165) is 6.07 Å². The SMILES string of the molecule is CC(C)(C)OC(=O)NCc1ccc(CN)cc1C(F)(F)F. The van der Waals surface area contributed by atoms with E-state index in [9.17, 15) is 18.0 Å². The van der Waals surface area contributed by atoms with E-state index in [-0.39, 0.29) is 18.7 Å². The Morgan fingerprint density at radius 2 is 1.90 bits per heavy atom. The van der Waals surface area contributed by atoms with Gasteiger partial charge in [-0.1, -0.05) is 12.1 Å². The molecule has 0 aliphatic heterocycles. The maximum absolute atomic E-state index is 13.0. The smallest absolute Gasteiger partial charge is 0.416 e. The van der Waals surface area contributed by atoms with Crippen molar-refractivity contribution >= 4 is 6.09 Å². The highest BCUT2D eigenvalue weighted by Crippen LogP contribution is 2.32. The van der Waals surface area contributed by atoms with Crippen molar-refractivity contribution in [3.8, 4) is 0 Å². The van der Waals surface area contributed by atoms with Gasteiger partial charge in [0.05, 0.1) is 5.56 Å². The number of hydrogen-bond donors (Lipinski definition) is 2. The molecule has 0 fully saturated rings. The zero-order chi connectivity index (χ0) is 16.3. The molecule has 1 rings (SSSR count). The zero-order valence-electron chi connectivity index (χ0n) is 12.2. The van der Waals surface area contributed by atoms with E-state index in [0.29, 0.717) is 5.56 Å². The van der Waals surface area contributed by atoms with Gasteiger partial charge in [-0.3, -0.25) is 0 Å². The number of alkyl carbamates (subject to hydrolysis) is 1. The number of nitrogens with one attached hydrogen (secondary N) is 1. The van der Waals surface area contributed by atoms with Gasteiger partial charge in [0.1, 0.15) is 5.60 Å². The largest absolute Gasteiger partial charge is 0.444 e. The average Bonchev–Trinajstić information content (AvgIpc) is 2.33. The lowest BCUT2D eigenvalue weighted by molar-refractivity contribution is -0.138. The molecule has 0 radical (unpaired) electrons. The van der Waals surface area contributed by atoms with Crippen molar-refractivity contribution in [1.29, 1.82) is 0 Å². The van der Waals surface area contributed by atoms with Crippen molar-refractivity contribution in [3.63, 3.8) is 0 Å². The van der Waals surface area contributed by atoms with Crippen LogP contribution < -0.4 is 11.1 Å². The van der Waals surface area contributed by atoms with Crippen molar-refractivity contribution in [2.45, 2.75) is 45.6 Å². The lowest BCUT2D eigenvalue weighted by Crippen LogP contribution is -2.32. The van der Waals surface area contributed by atoms with E-state index in [2.05, 4.69) is 5.32 Å². The first-order valence-electron chi connectivity index (χ1n) is 6.39. The molecule has 0 aliphatic carbocycles. The van der Waals surface area contributed by atoms with Crippen LogP contribution in [0.15, 0.2) is 18.2 Å². The molecular weight excluding hydrogens is 285 g/mol. The molecule has 0 heterocycles. The summed E-state index contributed by atoms with van der Waals surface area (Å²) in [5.74, 6) is 0. The number of rotatable bonds is 3. The van der Waals surface area contributed by atoms with Crippen LogP contribution >= 0.6 is 0 Å². The Morgan fingerprint density at radius 1 is 1.29 bits per heavy atom. The molecule has 7 heteroatoms. The first-order valence-corrected chi connectivity index (χ1v) is 6.39. The van der Waals surface area contributed by atoms with Crippen molar-refractivity contribution in [2.75, 3.05) is 0 Å². The summed E-state index contributed by atoms with van der Waals surface area (Å²) >= 11 is 0. The van der Waals surface area contributed by atoms with Crippen LogP contribution in [0, 0.1) is 0 Å². The Bertz CT molecular complexity index is 508. The number of carbonyl (C=O) groups is 1. The molecule has 0 saturated carbocycles. The minimum atomic E-state index is -4.50.